The van der Waals surface area contributed by atoms with E-state index in [1.807, 2.05) is 28.0 Å². The zero-order valence-electron chi connectivity index (χ0n) is 22.2. The highest BCUT2D eigenvalue weighted by Crippen LogP contribution is 2.32. The molecule has 3 heterocycles. The van der Waals surface area contributed by atoms with E-state index in [9.17, 15) is 9.59 Å². The molecule has 0 radical (unpaired) electrons. The van der Waals surface area contributed by atoms with Gasteiger partial charge in [0.2, 0.25) is 5.95 Å². The number of carbonyl (C=O) groups is 1. The van der Waals surface area contributed by atoms with Crippen LogP contribution >= 0.6 is 11.6 Å². The van der Waals surface area contributed by atoms with Crippen LogP contribution in [-0.2, 0) is 6.54 Å². The molecule has 0 atom stereocenters. The van der Waals surface area contributed by atoms with E-state index in [4.69, 9.17) is 26.1 Å². The number of halogens is 1. The van der Waals surface area contributed by atoms with Crippen LogP contribution in [0, 0.1) is 0 Å². The van der Waals surface area contributed by atoms with Crippen LogP contribution < -0.4 is 24.8 Å². The molecule has 0 saturated carbocycles. The Bertz CT molecular complexity index is 1350. The summed E-state index contributed by atoms with van der Waals surface area (Å²) in [6.45, 7) is 6.16. The van der Waals surface area contributed by atoms with Crippen LogP contribution in [0.15, 0.2) is 53.3 Å². The molecular weight excluding hydrogens is 520 g/mol. The molecule has 11 heteroatoms. The van der Waals surface area contributed by atoms with Gasteiger partial charge in [0.15, 0.2) is 0 Å². The molecule has 1 amide bonds. The quantitative estimate of drug-likeness (QED) is 0.478. The van der Waals surface area contributed by atoms with Crippen molar-refractivity contribution in [1.29, 1.82) is 0 Å². The molecule has 1 N–H and O–H groups in total. The summed E-state index contributed by atoms with van der Waals surface area (Å²) in [6, 6.07) is 14.4. The maximum Gasteiger partial charge on any atom is 0.253 e. The number of carbonyl (C=O) groups excluding carboxylic acids is 1. The number of nitrogens with zero attached hydrogens (tertiary/aromatic N) is 5. The normalized spacial score (nSPS) is 16.3. The van der Waals surface area contributed by atoms with E-state index in [2.05, 4.69) is 14.8 Å². The number of methoxy groups -OCH3 is 2. The molecule has 39 heavy (non-hydrogen) atoms. The highest BCUT2D eigenvalue weighted by molar-refractivity contribution is 6.30. The maximum atomic E-state index is 12.9. The molecule has 2 fully saturated rings. The Hall–Kier alpha value is -3.76. The minimum atomic E-state index is -0.172. The van der Waals surface area contributed by atoms with E-state index in [1.165, 1.54) is 0 Å². The molecule has 2 saturated heterocycles. The zero-order valence-corrected chi connectivity index (χ0v) is 23.0. The topological polar surface area (TPSA) is 94.2 Å². The lowest BCUT2D eigenvalue weighted by molar-refractivity contribution is 0.0746. The van der Waals surface area contributed by atoms with Crippen LogP contribution in [0.1, 0.15) is 16.1 Å². The predicted octanol–water partition coefficient (Wildman–Crippen LogP) is 2.73. The molecule has 2 aliphatic heterocycles. The summed E-state index contributed by atoms with van der Waals surface area (Å²) < 4.78 is 10.7. The van der Waals surface area contributed by atoms with Gasteiger partial charge in [-0.1, -0.05) is 11.6 Å². The van der Waals surface area contributed by atoms with Crippen molar-refractivity contribution in [2.45, 2.75) is 6.54 Å². The van der Waals surface area contributed by atoms with E-state index >= 15 is 0 Å². The van der Waals surface area contributed by atoms with E-state index in [0.29, 0.717) is 49.3 Å². The lowest BCUT2D eigenvalue weighted by Gasteiger charge is -2.37. The summed E-state index contributed by atoms with van der Waals surface area (Å²) in [5, 5.41) is 0.680. The minimum absolute atomic E-state index is 0.0120. The third-order valence-corrected chi connectivity index (χ3v) is 7.46. The first-order chi connectivity index (χ1) is 18.9. The first-order valence-electron chi connectivity index (χ1n) is 13.0. The van der Waals surface area contributed by atoms with Crippen LogP contribution in [0.5, 0.6) is 11.5 Å². The summed E-state index contributed by atoms with van der Waals surface area (Å²) >= 11 is 6.22. The number of amides is 1. The number of anilines is 2. The van der Waals surface area contributed by atoms with Crippen molar-refractivity contribution in [3.63, 3.8) is 0 Å². The molecule has 0 aliphatic carbocycles. The summed E-state index contributed by atoms with van der Waals surface area (Å²) in [4.78, 5) is 41.5. The number of benzene rings is 2. The van der Waals surface area contributed by atoms with Gasteiger partial charge in [-0.2, -0.15) is 0 Å². The van der Waals surface area contributed by atoms with Gasteiger partial charge in [-0.15, -0.1) is 0 Å². The average molecular weight is 553 g/mol. The van der Waals surface area contributed by atoms with Gasteiger partial charge in [0.05, 0.1) is 25.6 Å². The highest BCUT2D eigenvalue weighted by Gasteiger charge is 2.25. The van der Waals surface area contributed by atoms with Crippen molar-refractivity contribution < 1.29 is 14.3 Å². The number of aromatic nitrogens is 2. The summed E-state index contributed by atoms with van der Waals surface area (Å²) in [7, 11) is 3.27. The van der Waals surface area contributed by atoms with Gasteiger partial charge in [0.25, 0.3) is 11.5 Å². The Balaban J connectivity index is 1.17. The summed E-state index contributed by atoms with van der Waals surface area (Å²) in [5.41, 5.74) is 2.19. The molecule has 2 aromatic carbocycles. The van der Waals surface area contributed by atoms with Crippen molar-refractivity contribution in [1.82, 2.24) is 19.8 Å². The number of nitrogens with one attached hydrogen (secondary N) is 1. The van der Waals surface area contributed by atoms with Gasteiger partial charge in [0.1, 0.15) is 11.5 Å². The van der Waals surface area contributed by atoms with E-state index in [1.54, 1.807) is 44.6 Å². The van der Waals surface area contributed by atoms with Crippen LogP contribution in [0.25, 0.3) is 0 Å². The second-order valence-corrected chi connectivity index (χ2v) is 10.1. The number of piperazine rings is 2. The number of hydrogen-bond donors (Lipinski definition) is 1. The van der Waals surface area contributed by atoms with E-state index in [0.717, 1.165) is 49.1 Å². The number of H-pyrrole nitrogens is 1. The average Bonchev–Trinajstić information content (AvgIpc) is 2.97. The Morgan fingerprint density at radius 1 is 0.897 bits per heavy atom. The molecule has 0 spiro atoms. The van der Waals surface area contributed by atoms with Crippen molar-refractivity contribution in [3.8, 4) is 11.5 Å². The Labute approximate surface area is 232 Å². The Morgan fingerprint density at radius 3 is 2.26 bits per heavy atom. The second kappa shape index (κ2) is 12.0. The molecule has 206 valence electrons. The Kier molecular flexibility index (Phi) is 8.23. The molecule has 10 nitrogen and oxygen atoms in total. The summed E-state index contributed by atoms with van der Waals surface area (Å²) in [5.74, 6) is 2.06. The molecule has 2 aliphatic rings. The van der Waals surface area contributed by atoms with Crippen LogP contribution in [0.4, 0.5) is 11.6 Å². The van der Waals surface area contributed by atoms with Crippen LogP contribution in [-0.4, -0.2) is 92.3 Å². The van der Waals surface area contributed by atoms with Gasteiger partial charge in [0, 0.05) is 75.6 Å². The molecule has 0 bridgehead atoms. The van der Waals surface area contributed by atoms with Crippen LogP contribution in [0.2, 0.25) is 5.02 Å². The largest absolute Gasteiger partial charge is 0.497 e. The van der Waals surface area contributed by atoms with E-state index in [-0.39, 0.29) is 11.5 Å². The zero-order chi connectivity index (χ0) is 27.4. The fourth-order valence-corrected chi connectivity index (χ4v) is 5.21. The van der Waals surface area contributed by atoms with E-state index < -0.39 is 0 Å². The predicted molar refractivity (Wildman–Crippen MR) is 151 cm³/mol. The third-order valence-electron chi connectivity index (χ3n) is 7.23. The third kappa shape index (κ3) is 6.29. The van der Waals surface area contributed by atoms with Crippen molar-refractivity contribution in [2.75, 3.05) is 76.4 Å². The van der Waals surface area contributed by atoms with Crippen molar-refractivity contribution >= 4 is 29.1 Å². The number of hydrogen-bond acceptors (Lipinski definition) is 8. The number of ether oxygens (including phenoxy) is 2. The SMILES string of the molecule is COc1ccc(C(=O)N2CCN(c3nc(CN4CCN(c5cc(Cl)ccc5OC)CC4)cc(=O)[nH]3)CC2)cc1. The fraction of sp³-hybridized carbons (Fsp3) is 0.393. The van der Waals surface area contributed by atoms with Crippen LogP contribution in [0.3, 0.4) is 0 Å². The lowest BCUT2D eigenvalue weighted by Crippen LogP contribution is -2.49. The van der Waals surface area contributed by atoms with Gasteiger partial charge < -0.3 is 24.2 Å². The molecule has 3 aromatic rings. The smallest absolute Gasteiger partial charge is 0.253 e. The van der Waals surface area contributed by atoms with Gasteiger partial charge in [-0.3, -0.25) is 19.5 Å². The lowest BCUT2D eigenvalue weighted by atomic mass is 10.1. The van der Waals surface area contributed by atoms with Gasteiger partial charge >= 0.3 is 0 Å². The van der Waals surface area contributed by atoms with Crippen molar-refractivity contribution in [3.05, 3.63) is 75.2 Å². The molecule has 5 rings (SSSR count). The first-order valence-corrected chi connectivity index (χ1v) is 13.4. The minimum Gasteiger partial charge on any atom is -0.497 e. The second-order valence-electron chi connectivity index (χ2n) is 9.65. The monoisotopic (exact) mass is 552 g/mol. The summed E-state index contributed by atoms with van der Waals surface area (Å²) in [6.07, 6.45) is 0. The maximum absolute atomic E-state index is 12.9. The Morgan fingerprint density at radius 2 is 1.59 bits per heavy atom. The van der Waals surface area contributed by atoms with Crippen molar-refractivity contribution in [2.24, 2.45) is 0 Å². The van der Waals surface area contributed by atoms with Gasteiger partial charge in [-0.25, -0.2) is 4.98 Å². The number of aromatic amines is 1. The molecular formula is C28H33ClN6O4. The number of rotatable bonds is 7. The molecule has 1 aromatic heterocycles. The van der Waals surface area contributed by atoms with Gasteiger partial charge in [-0.05, 0) is 42.5 Å². The first kappa shape index (κ1) is 26.8. The standard InChI is InChI=1S/C28H33ClN6O4/c1-38-23-6-3-20(4-7-23)27(37)34-13-15-35(16-14-34)28-30-22(18-26(36)31-28)19-32-9-11-33(12-10-32)24-17-21(29)5-8-25(24)39-2/h3-8,17-18H,9-16,19H2,1-2H3,(H,30,31,36). The highest BCUT2D eigenvalue weighted by atomic mass is 35.5. The fourth-order valence-electron chi connectivity index (χ4n) is 5.05. The molecule has 0 unspecified atom stereocenters.